The molecule has 0 amide bonds. The van der Waals surface area contributed by atoms with E-state index < -0.39 is 7.26 Å². The van der Waals surface area contributed by atoms with Crippen LogP contribution in [0.25, 0.3) is 0 Å². The van der Waals surface area contributed by atoms with Gasteiger partial charge in [-0.25, -0.2) is 0 Å². The van der Waals surface area contributed by atoms with Gasteiger partial charge in [-0.3, -0.25) is 0 Å². The average molecular weight is 421 g/mol. The second kappa shape index (κ2) is 22.1. The molecule has 0 nitrogen and oxygen atoms in total. The van der Waals surface area contributed by atoms with Crippen LogP contribution in [0.2, 0.25) is 0 Å². The van der Waals surface area contributed by atoms with Crippen molar-refractivity contribution in [1.82, 2.24) is 0 Å². The molecule has 0 atom stereocenters. The number of rotatable bonds is 20. The van der Waals surface area contributed by atoms with Crippen LogP contribution in [0.3, 0.4) is 0 Å². The molecule has 0 aromatic rings. The molecule has 0 saturated heterocycles. The predicted octanol–water partition coefficient (Wildman–Crippen LogP) is 11.1. The van der Waals surface area contributed by atoms with Gasteiger partial charge in [-0.15, -0.1) is 0 Å². The van der Waals surface area contributed by atoms with E-state index in [1.165, 1.54) is 103 Å². The van der Waals surface area contributed by atoms with Crippen LogP contribution < -0.4 is 0 Å². The Morgan fingerprint density at radius 1 is 0.379 bits per heavy atom. The van der Waals surface area contributed by atoms with E-state index in [1.807, 2.05) is 0 Å². The molecule has 0 aliphatic heterocycles. The molecule has 0 rings (SSSR count). The van der Waals surface area contributed by atoms with Gasteiger partial charge in [-0.05, 0) is 0 Å². The van der Waals surface area contributed by atoms with Gasteiger partial charge < -0.3 is 0 Å². The van der Waals surface area contributed by atoms with Crippen molar-refractivity contribution in [3.63, 3.8) is 0 Å². The van der Waals surface area contributed by atoms with Gasteiger partial charge in [0, 0.05) is 0 Å². The minimum absolute atomic E-state index is 1.24. The summed E-state index contributed by atoms with van der Waals surface area (Å²) < 4.78 is 0. The summed E-state index contributed by atoms with van der Waals surface area (Å²) in [5, 5.41) is 0. The Kier molecular flexibility index (Phi) is 21.6. The van der Waals surface area contributed by atoms with Crippen molar-refractivity contribution < 1.29 is 0 Å². The van der Waals surface area contributed by atoms with Crippen molar-refractivity contribution in [1.29, 1.82) is 0 Å². The van der Waals surface area contributed by atoms with Crippen LogP contribution in [0.15, 0.2) is 47.6 Å². The Morgan fingerprint density at radius 3 is 0.828 bits per heavy atom. The standard InChI is InChI=1S/C28H53P/c1-5-9-13-17-21-25-29(26-22-18-14-10-6-2,27-23-19-15-11-7-3)28-24-20-16-12-8-4/h21-29H,5-20H2,1-4H3/b25-21+,26-22+,27-23+,28-24+. The maximum absolute atomic E-state index is 2.60. The molecular formula is C28H53P. The quantitative estimate of drug-likeness (QED) is 0.136. The van der Waals surface area contributed by atoms with E-state index in [2.05, 4.69) is 75.3 Å². The summed E-state index contributed by atoms with van der Waals surface area (Å²) in [5.74, 6) is 10.4. The average Bonchev–Trinajstić information content (AvgIpc) is 2.73. The first kappa shape index (κ1) is 28.4. The van der Waals surface area contributed by atoms with E-state index in [1.54, 1.807) is 0 Å². The van der Waals surface area contributed by atoms with Crippen molar-refractivity contribution in [2.75, 3.05) is 0 Å². The van der Waals surface area contributed by atoms with E-state index in [0.29, 0.717) is 0 Å². The Balaban J connectivity index is 5.27. The van der Waals surface area contributed by atoms with E-state index >= 15 is 0 Å². The van der Waals surface area contributed by atoms with E-state index in [-0.39, 0.29) is 0 Å². The summed E-state index contributed by atoms with van der Waals surface area (Å²) in [6.07, 6.45) is 30.9. The number of hydrogen-bond acceptors (Lipinski definition) is 0. The van der Waals surface area contributed by atoms with Gasteiger partial charge in [0.1, 0.15) is 0 Å². The van der Waals surface area contributed by atoms with Crippen molar-refractivity contribution in [2.45, 2.75) is 130 Å². The zero-order valence-corrected chi connectivity index (χ0v) is 21.4. The molecule has 0 saturated carbocycles. The molecular weight excluding hydrogens is 367 g/mol. The molecule has 0 unspecified atom stereocenters. The van der Waals surface area contributed by atoms with Gasteiger partial charge in [-0.2, -0.15) is 0 Å². The van der Waals surface area contributed by atoms with Gasteiger partial charge in [0.25, 0.3) is 0 Å². The van der Waals surface area contributed by atoms with Crippen LogP contribution in [0.1, 0.15) is 130 Å². The summed E-state index contributed by atoms with van der Waals surface area (Å²) >= 11 is 0. The first-order valence-corrected chi connectivity index (χ1v) is 15.3. The predicted molar refractivity (Wildman–Crippen MR) is 141 cm³/mol. The second-order valence-corrected chi connectivity index (χ2v) is 11.9. The van der Waals surface area contributed by atoms with E-state index in [4.69, 9.17) is 0 Å². The molecule has 29 heavy (non-hydrogen) atoms. The second-order valence-electron chi connectivity index (χ2n) is 8.59. The van der Waals surface area contributed by atoms with Gasteiger partial charge in [-0.1, -0.05) is 0 Å². The number of hydrogen-bond donors (Lipinski definition) is 0. The number of allylic oxidation sites excluding steroid dienone is 4. The molecule has 0 aromatic carbocycles. The molecule has 0 fully saturated rings. The third kappa shape index (κ3) is 17.9. The fourth-order valence-electron chi connectivity index (χ4n) is 3.53. The monoisotopic (exact) mass is 420 g/mol. The summed E-state index contributed by atoms with van der Waals surface area (Å²) in [6, 6.07) is 0. The molecule has 0 bridgehead atoms. The fraction of sp³-hybridized carbons (Fsp3) is 0.714. The molecule has 1 heteroatoms. The van der Waals surface area contributed by atoms with E-state index in [0.717, 1.165) is 0 Å². The molecule has 0 radical (unpaired) electrons. The summed E-state index contributed by atoms with van der Waals surface area (Å²) in [7, 11) is -1.76. The SMILES string of the molecule is CCCCC/C=C/[PH](/C=C/CCCCC)(/C=C/CCCCC)/C=C/CCCCC. The van der Waals surface area contributed by atoms with Crippen LogP contribution in [0, 0.1) is 0 Å². The summed E-state index contributed by atoms with van der Waals surface area (Å²) in [4.78, 5) is 0. The molecule has 0 aliphatic rings. The van der Waals surface area contributed by atoms with Crippen LogP contribution >= 0.6 is 7.26 Å². The third-order valence-corrected chi connectivity index (χ3v) is 8.78. The van der Waals surface area contributed by atoms with E-state index in [9.17, 15) is 0 Å². The first-order valence-electron chi connectivity index (χ1n) is 12.9. The normalized spacial score (nSPS) is 13.7. The Morgan fingerprint density at radius 2 is 0.621 bits per heavy atom. The third-order valence-electron chi connectivity index (χ3n) is 5.52. The topological polar surface area (TPSA) is 0 Å². The summed E-state index contributed by atoms with van der Waals surface area (Å²) in [5.41, 5.74) is 0. The van der Waals surface area contributed by atoms with Crippen molar-refractivity contribution in [3.8, 4) is 0 Å². The fourth-order valence-corrected chi connectivity index (χ4v) is 6.50. The zero-order valence-electron chi connectivity index (χ0n) is 20.4. The Labute approximate surface area is 185 Å². The van der Waals surface area contributed by atoms with Crippen LogP contribution in [-0.4, -0.2) is 0 Å². The number of unbranched alkanes of at least 4 members (excludes halogenated alkanes) is 12. The van der Waals surface area contributed by atoms with Crippen LogP contribution in [0.4, 0.5) is 0 Å². The Bertz CT molecular complexity index is 356. The molecule has 0 spiro atoms. The molecule has 0 heterocycles. The van der Waals surface area contributed by atoms with Gasteiger partial charge in [0.15, 0.2) is 0 Å². The Hall–Kier alpha value is -0.610. The first-order chi connectivity index (χ1) is 14.2. The maximum atomic E-state index is 2.60. The van der Waals surface area contributed by atoms with Gasteiger partial charge in [0.2, 0.25) is 0 Å². The van der Waals surface area contributed by atoms with Gasteiger partial charge in [0.05, 0.1) is 0 Å². The van der Waals surface area contributed by atoms with Crippen LogP contribution in [-0.2, 0) is 0 Å². The van der Waals surface area contributed by atoms with Crippen LogP contribution in [0.5, 0.6) is 0 Å². The molecule has 170 valence electrons. The molecule has 0 aromatic heterocycles. The molecule has 0 N–H and O–H groups in total. The molecule has 0 aliphatic carbocycles. The van der Waals surface area contributed by atoms with Crippen molar-refractivity contribution in [3.05, 3.63) is 47.6 Å². The zero-order chi connectivity index (χ0) is 21.5. The van der Waals surface area contributed by atoms with Gasteiger partial charge >= 0.3 is 185 Å². The minimum atomic E-state index is -1.76. The van der Waals surface area contributed by atoms with Crippen molar-refractivity contribution in [2.24, 2.45) is 0 Å². The summed E-state index contributed by atoms with van der Waals surface area (Å²) in [6.45, 7) is 9.17. The van der Waals surface area contributed by atoms with Crippen molar-refractivity contribution >= 4 is 7.26 Å².